The maximum atomic E-state index is 12.7. The number of hydrogen-bond acceptors (Lipinski definition) is 6. The third kappa shape index (κ3) is 4.05. The Hall–Kier alpha value is -3.40. The molecule has 0 unspecified atom stereocenters. The Balaban J connectivity index is 1.36. The van der Waals surface area contributed by atoms with Crippen molar-refractivity contribution in [3.05, 3.63) is 87.7 Å². The molecule has 0 spiro atoms. The van der Waals surface area contributed by atoms with E-state index in [1.54, 1.807) is 24.3 Å². The predicted octanol–water partition coefficient (Wildman–Crippen LogP) is 5.37. The van der Waals surface area contributed by atoms with Gasteiger partial charge in [0.15, 0.2) is 5.58 Å². The second kappa shape index (κ2) is 7.94. The molecule has 2 N–H and O–H groups in total. The zero-order valence-electron chi connectivity index (χ0n) is 16.2. The third-order valence-electron chi connectivity index (χ3n) is 4.73. The molecule has 10 heteroatoms. The third-order valence-corrected chi connectivity index (χ3v) is 7.25. The minimum atomic E-state index is -3.86. The van der Waals surface area contributed by atoms with E-state index in [0.717, 1.165) is 21.8 Å². The van der Waals surface area contributed by atoms with E-state index in [2.05, 4.69) is 14.7 Å². The molecule has 7 nitrogen and oxygen atoms in total. The number of aromatic nitrogens is 2. The summed E-state index contributed by atoms with van der Waals surface area (Å²) in [6.07, 6.45) is 0. The minimum Gasteiger partial charge on any atom is -0.408 e. The molecule has 0 aliphatic rings. The lowest BCUT2D eigenvalue weighted by Gasteiger charge is -2.08. The first-order chi connectivity index (χ1) is 15.4. The Morgan fingerprint density at radius 1 is 0.969 bits per heavy atom. The Kier molecular flexibility index (Phi) is 5.09. The molecule has 0 saturated heterocycles. The second-order valence-corrected chi connectivity index (χ2v) is 9.88. The van der Waals surface area contributed by atoms with Crippen LogP contribution in [-0.4, -0.2) is 18.4 Å². The minimum absolute atomic E-state index is 0.0102. The summed E-state index contributed by atoms with van der Waals surface area (Å²) in [4.78, 5) is 18.4. The maximum absolute atomic E-state index is 12.7. The van der Waals surface area contributed by atoms with Crippen LogP contribution in [0.3, 0.4) is 0 Å². The van der Waals surface area contributed by atoms with Gasteiger partial charge in [-0.3, -0.25) is 9.71 Å². The SMILES string of the molecule is O=c1[nH]c2ccc(S(=O)(=O)Nc3ccc(-c4csc(-c5ccc(Cl)cc5)n4)cc3)cc2o1. The summed E-state index contributed by atoms with van der Waals surface area (Å²) in [5.74, 6) is -0.639. The average Bonchev–Trinajstić information content (AvgIpc) is 3.40. The van der Waals surface area contributed by atoms with Crippen molar-refractivity contribution < 1.29 is 12.8 Å². The van der Waals surface area contributed by atoms with Gasteiger partial charge in [0.2, 0.25) is 0 Å². The van der Waals surface area contributed by atoms with Crippen LogP contribution in [0, 0.1) is 0 Å². The molecule has 2 heterocycles. The highest BCUT2D eigenvalue weighted by atomic mass is 35.5. The monoisotopic (exact) mass is 483 g/mol. The molecule has 5 rings (SSSR count). The fourth-order valence-electron chi connectivity index (χ4n) is 3.15. The van der Waals surface area contributed by atoms with E-state index >= 15 is 0 Å². The highest BCUT2D eigenvalue weighted by molar-refractivity contribution is 7.92. The number of nitrogens with one attached hydrogen (secondary N) is 2. The van der Waals surface area contributed by atoms with Crippen molar-refractivity contribution >= 4 is 49.7 Å². The van der Waals surface area contributed by atoms with E-state index in [0.29, 0.717) is 16.2 Å². The molecule has 0 saturated carbocycles. The molecular weight excluding hydrogens is 470 g/mol. The van der Waals surface area contributed by atoms with Gasteiger partial charge in [-0.15, -0.1) is 11.3 Å². The van der Waals surface area contributed by atoms with Crippen LogP contribution >= 0.6 is 22.9 Å². The van der Waals surface area contributed by atoms with Crippen molar-refractivity contribution in [2.45, 2.75) is 4.90 Å². The predicted molar refractivity (Wildman–Crippen MR) is 126 cm³/mol. The lowest BCUT2D eigenvalue weighted by Crippen LogP contribution is -2.12. The number of anilines is 1. The van der Waals surface area contributed by atoms with Gasteiger partial charge < -0.3 is 4.42 Å². The fraction of sp³-hybridized carbons (Fsp3) is 0. The molecule has 32 heavy (non-hydrogen) atoms. The molecule has 0 aliphatic heterocycles. The van der Waals surface area contributed by atoms with Gasteiger partial charge in [-0.1, -0.05) is 35.9 Å². The van der Waals surface area contributed by atoms with E-state index in [-0.39, 0.29) is 10.5 Å². The fourth-order valence-corrected chi connectivity index (χ4v) is 5.18. The summed E-state index contributed by atoms with van der Waals surface area (Å²) in [7, 11) is -3.86. The Bertz CT molecular complexity index is 1590. The molecule has 3 aromatic carbocycles. The molecule has 5 aromatic rings. The number of oxazole rings is 1. The second-order valence-electron chi connectivity index (χ2n) is 6.90. The quantitative estimate of drug-likeness (QED) is 0.350. The van der Waals surface area contributed by atoms with Crippen molar-refractivity contribution in [1.29, 1.82) is 0 Å². The van der Waals surface area contributed by atoms with Crippen LogP contribution in [0.2, 0.25) is 5.02 Å². The molecule has 0 radical (unpaired) electrons. The molecule has 2 aromatic heterocycles. The summed E-state index contributed by atoms with van der Waals surface area (Å²) in [5, 5.41) is 3.48. The number of sulfonamides is 1. The Morgan fingerprint density at radius 2 is 1.69 bits per heavy atom. The number of nitrogens with zero attached hydrogens (tertiary/aromatic N) is 1. The number of thiazole rings is 1. The lowest BCUT2D eigenvalue weighted by atomic mass is 10.1. The van der Waals surface area contributed by atoms with Gasteiger partial charge in [0.1, 0.15) is 5.01 Å². The van der Waals surface area contributed by atoms with Crippen LogP contribution in [0.4, 0.5) is 5.69 Å². The van der Waals surface area contributed by atoms with Gasteiger partial charge >= 0.3 is 5.76 Å². The molecule has 160 valence electrons. The first kappa shape index (κ1) is 20.5. The molecule has 0 aliphatic carbocycles. The van der Waals surface area contributed by atoms with E-state index < -0.39 is 15.8 Å². The standard InChI is InChI=1S/C22H14ClN3O4S2/c23-15-5-1-14(2-6-15)21-24-19(12-31-21)13-3-7-16(8-4-13)26-32(28,29)17-9-10-18-20(11-17)30-22(27)25-18/h1-12,26H,(H,25,27). The summed E-state index contributed by atoms with van der Waals surface area (Å²) in [6, 6.07) is 18.6. The zero-order valence-corrected chi connectivity index (χ0v) is 18.6. The Labute approximate surface area is 191 Å². The van der Waals surface area contributed by atoms with E-state index in [4.69, 9.17) is 16.0 Å². The molecular formula is C22H14ClN3O4S2. The van der Waals surface area contributed by atoms with E-state index in [9.17, 15) is 13.2 Å². The lowest BCUT2D eigenvalue weighted by molar-refractivity contribution is 0.554. The van der Waals surface area contributed by atoms with E-state index in [1.807, 2.05) is 29.6 Å². The number of halogens is 1. The van der Waals surface area contributed by atoms with Crippen molar-refractivity contribution in [1.82, 2.24) is 9.97 Å². The van der Waals surface area contributed by atoms with Crippen molar-refractivity contribution in [2.24, 2.45) is 0 Å². The first-order valence-electron chi connectivity index (χ1n) is 9.35. The number of aromatic amines is 1. The number of H-pyrrole nitrogens is 1. The van der Waals surface area contributed by atoms with Gasteiger partial charge in [-0.2, -0.15) is 0 Å². The maximum Gasteiger partial charge on any atom is 0.417 e. The molecule has 0 amide bonds. The zero-order chi connectivity index (χ0) is 22.3. The highest BCUT2D eigenvalue weighted by Gasteiger charge is 2.16. The van der Waals surface area contributed by atoms with Gasteiger partial charge in [0, 0.05) is 33.3 Å². The van der Waals surface area contributed by atoms with Crippen LogP contribution in [-0.2, 0) is 10.0 Å². The number of rotatable bonds is 5. The summed E-state index contributed by atoms with van der Waals surface area (Å²) in [6.45, 7) is 0. The summed E-state index contributed by atoms with van der Waals surface area (Å²) < 4.78 is 32.9. The highest BCUT2D eigenvalue weighted by Crippen LogP contribution is 2.30. The molecule has 0 fully saturated rings. The van der Waals surface area contributed by atoms with Crippen LogP contribution in [0.5, 0.6) is 0 Å². The van der Waals surface area contributed by atoms with Gasteiger partial charge in [0.25, 0.3) is 10.0 Å². The van der Waals surface area contributed by atoms with Crippen molar-refractivity contribution in [3.63, 3.8) is 0 Å². The Morgan fingerprint density at radius 3 is 2.44 bits per heavy atom. The first-order valence-corrected chi connectivity index (χ1v) is 12.1. The number of hydrogen-bond donors (Lipinski definition) is 2. The summed E-state index contributed by atoms with van der Waals surface area (Å²) in [5.41, 5.74) is 3.64. The largest absolute Gasteiger partial charge is 0.417 e. The molecule has 0 bridgehead atoms. The van der Waals surface area contributed by atoms with Gasteiger partial charge in [0.05, 0.1) is 16.1 Å². The average molecular weight is 484 g/mol. The van der Waals surface area contributed by atoms with Crippen molar-refractivity contribution in [3.8, 4) is 21.8 Å². The normalized spacial score (nSPS) is 11.7. The van der Waals surface area contributed by atoms with Crippen molar-refractivity contribution in [2.75, 3.05) is 4.72 Å². The topological polar surface area (TPSA) is 105 Å². The van der Waals surface area contributed by atoms with Crippen LogP contribution in [0.25, 0.3) is 32.9 Å². The van der Waals surface area contributed by atoms with Crippen LogP contribution in [0.15, 0.2) is 86.2 Å². The number of fused-ring (bicyclic) bond motifs is 1. The van der Waals surface area contributed by atoms with Gasteiger partial charge in [-0.25, -0.2) is 18.2 Å². The number of benzene rings is 3. The smallest absolute Gasteiger partial charge is 0.408 e. The van der Waals surface area contributed by atoms with E-state index in [1.165, 1.54) is 29.5 Å². The van der Waals surface area contributed by atoms with Gasteiger partial charge in [-0.05, 0) is 36.4 Å². The summed E-state index contributed by atoms with van der Waals surface area (Å²) >= 11 is 7.46. The van der Waals surface area contributed by atoms with Crippen LogP contribution in [0.1, 0.15) is 0 Å². The van der Waals surface area contributed by atoms with Crippen LogP contribution < -0.4 is 10.5 Å². The molecule has 0 atom stereocenters.